The van der Waals surface area contributed by atoms with Gasteiger partial charge in [-0.1, -0.05) is 40.7 Å². The first-order chi connectivity index (χ1) is 8.81. The number of aromatic nitrogens is 1. The van der Waals surface area contributed by atoms with Crippen molar-refractivity contribution in [1.82, 2.24) is 4.98 Å². The van der Waals surface area contributed by atoms with Gasteiger partial charge in [0.15, 0.2) is 0 Å². The number of aliphatic hydroxyl groups excluding tert-OH is 1. The molecule has 2 atom stereocenters. The summed E-state index contributed by atoms with van der Waals surface area (Å²) < 4.78 is 0. The third-order valence-corrected chi connectivity index (χ3v) is 2.78. The monoisotopic (exact) mass is 252 g/mol. The summed E-state index contributed by atoms with van der Waals surface area (Å²) in [7, 11) is 0. The summed E-state index contributed by atoms with van der Waals surface area (Å²) >= 11 is 0. The van der Waals surface area contributed by atoms with Crippen LogP contribution in [0.5, 0.6) is 0 Å². The lowest BCUT2D eigenvalue weighted by Crippen LogP contribution is -2.32. The Bertz CT molecular complexity index is 290. The molecule has 0 aromatic carbocycles. The predicted octanol–water partition coefficient (Wildman–Crippen LogP) is 3.34. The van der Waals surface area contributed by atoms with Gasteiger partial charge in [0, 0.05) is 12.7 Å². The van der Waals surface area contributed by atoms with Crippen molar-refractivity contribution in [3.05, 3.63) is 24.4 Å². The average molecular weight is 252 g/mol. The minimum atomic E-state index is 0.223. The van der Waals surface area contributed by atoms with Crippen molar-refractivity contribution in [3.63, 3.8) is 0 Å². The quantitative estimate of drug-likeness (QED) is 0.877. The Morgan fingerprint density at radius 1 is 1.28 bits per heavy atom. The first-order valence-electron chi connectivity index (χ1n) is 7.10. The number of aliphatic hydroxyl groups is 1. The third kappa shape index (κ3) is 4.65. The molecule has 1 aromatic rings. The largest absolute Gasteiger partial charge is 0.394 e. The molecule has 1 aliphatic heterocycles. The average Bonchev–Trinajstić information content (AvgIpc) is 2.85. The Labute approximate surface area is 112 Å². The van der Waals surface area contributed by atoms with Gasteiger partial charge < -0.3 is 10.0 Å². The van der Waals surface area contributed by atoms with Crippen LogP contribution in [0, 0.1) is 5.92 Å². The van der Waals surface area contributed by atoms with Crippen molar-refractivity contribution < 1.29 is 5.11 Å². The van der Waals surface area contributed by atoms with E-state index in [2.05, 4.69) is 16.8 Å². The van der Waals surface area contributed by atoms with Gasteiger partial charge in [0.2, 0.25) is 0 Å². The van der Waals surface area contributed by atoms with Crippen LogP contribution in [-0.2, 0) is 0 Å². The van der Waals surface area contributed by atoms with Gasteiger partial charge in [-0.2, -0.15) is 0 Å². The second kappa shape index (κ2) is 9.89. The second-order valence-electron chi connectivity index (χ2n) is 4.02. The lowest BCUT2D eigenvalue weighted by Gasteiger charge is -2.23. The minimum absolute atomic E-state index is 0.223. The molecule has 3 nitrogen and oxygen atoms in total. The number of hydrogen-bond acceptors (Lipinski definition) is 3. The lowest BCUT2D eigenvalue weighted by atomic mass is 10.1. The van der Waals surface area contributed by atoms with E-state index in [9.17, 15) is 5.11 Å². The standard InChI is InChI=1S/C11H16N2O.2C2H6/c1-9-6-10(8-14)13(7-9)11-4-2-3-5-12-11;2*1-2/h2-5,9-10,14H,6-8H2,1H3;2*1-2H3. The molecular weight excluding hydrogens is 224 g/mol. The highest BCUT2D eigenvalue weighted by Gasteiger charge is 2.29. The molecule has 1 N–H and O–H groups in total. The maximum Gasteiger partial charge on any atom is 0.128 e. The molecule has 0 spiro atoms. The topological polar surface area (TPSA) is 36.4 Å². The fourth-order valence-corrected chi connectivity index (χ4v) is 2.13. The zero-order valence-electron chi connectivity index (χ0n) is 12.4. The van der Waals surface area contributed by atoms with Crippen LogP contribution in [0.25, 0.3) is 0 Å². The number of nitrogens with zero attached hydrogens (tertiary/aromatic N) is 2. The van der Waals surface area contributed by atoms with Crippen LogP contribution in [-0.4, -0.2) is 29.3 Å². The molecule has 2 heterocycles. The van der Waals surface area contributed by atoms with E-state index in [1.807, 2.05) is 45.9 Å². The molecule has 0 radical (unpaired) electrons. The Balaban J connectivity index is 0.000000659. The van der Waals surface area contributed by atoms with Crippen molar-refractivity contribution in [2.45, 2.75) is 47.1 Å². The molecule has 18 heavy (non-hydrogen) atoms. The summed E-state index contributed by atoms with van der Waals surface area (Å²) in [5.41, 5.74) is 0. The van der Waals surface area contributed by atoms with Gasteiger partial charge in [0.1, 0.15) is 5.82 Å². The summed E-state index contributed by atoms with van der Waals surface area (Å²) in [6, 6.07) is 6.15. The van der Waals surface area contributed by atoms with Crippen LogP contribution < -0.4 is 4.90 Å². The molecule has 0 bridgehead atoms. The van der Waals surface area contributed by atoms with Gasteiger partial charge >= 0.3 is 0 Å². The zero-order valence-corrected chi connectivity index (χ0v) is 12.4. The summed E-state index contributed by atoms with van der Waals surface area (Å²) in [4.78, 5) is 6.51. The van der Waals surface area contributed by atoms with Crippen molar-refractivity contribution >= 4 is 5.82 Å². The van der Waals surface area contributed by atoms with Crippen molar-refractivity contribution in [2.24, 2.45) is 5.92 Å². The molecule has 2 rings (SSSR count). The first kappa shape index (κ1) is 16.9. The van der Waals surface area contributed by atoms with Crippen LogP contribution >= 0.6 is 0 Å². The fourth-order valence-electron chi connectivity index (χ4n) is 2.13. The van der Waals surface area contributed by atoms with Gasteiger partial charge in [0.05, 0.1) is 12.6 Å². The van der Waals surface area contributed by atoms with Crippen molar-refractivity contribution in [3.8, 4) is 0 Å². The molecule has 2 unspecified atom stereocenters. The molecule has 1 aliphatic rings. The molecule has 0 saturated carbocycles. The van der Waals surface area contributed by atoms with Crippen LogP contribution in [0.1, 0.15) is 41.0 Å². The second-order valence-corrected chi connectivity index (χ2v) is 4.02. The van der Waals surface area contributed by atoms with E-state index in [1.165, 1.54) is 0 Å². The van der Waals surface area contributed by atoms with Crippen LogP contribution in [0.2, 0.25) is 0 Å². The first-order valence-corrected chi connectivity index (χ1v) is 7.10. The van der Waals surface area contributed by atoms with Gasteiger partial charge in [-0.25, -0.2) is 4.98 Å². The normalized spacial score (nSPS) is 21.6. The summed E-state index contributed by atoms with van der Waals surface area (Å²) in [5, 5.41) is 9.25. The fraction of sp³-hybridized carbons (Fsp3) is 0.667. The Kier molecular flexibility index (Phi) is 9.29. The Morgan fingerprint density at radius 3 is 2.44 bits per heavy atom. The molecule has 104 valence electrons. The van der Waals surface area contributed by atoms with Gasteiger partial charge in [-0.15, -0.1) is 0 Å². The van der Waals surface area contributed by atoms with E-state index in [-0.39, 0.29) is 12.6 Å². The van der Waals surface area contributed by atoms with E-state index in [0.29, 0.717) is 5.92 Å². The van der Waals surface area contributed by atoms with E-state index >= 15 is 0 Å². The van der Waals surface area contributed by atoms with Crippen molar-refractivity contribution in [2.75, 3.05) is 18.1 Å². The van der Waals surface area contributed by atoms with E-state index < -0.39 is 0 Å². The highest BCUT2D eigenvalue weighted by atomic mass is 16.3. The summed E-state index contributed by atoms with van der Waals surface area (Å²) in [6.07, 6.45) is 2.86. The number of rotatable bonds is 2. The van der Waals surface area contributed by atoms with E-state index in [1.54, 1.807) is 6.20 Å². The molecule has 0 aliphatic carbocycles. The summed E-state index contributed by atoms with van der Waals surface area (Å²) in [5.74, 6) is 1.63. The molecular formula is C15H28N2O. The summed E-state index contributed by atoms with van der Waals surface area (Å²) in [6.45, 7) is 11.4. The maximum atomic E-state index is 9.25. The number of hydrogen-bond donors (Lipinski definition) is 1. The van der Waals surface area contributed by atoms with Crippen LogP contribution in [0.4, 0.5) is 5.82 Å². The van der Waals surface area contributed by atoms with E-state index in [4.69, 9.17) is 0 Å². The molecule has 3 heteroatoms. The smallest absolute Gasteiger partial charge is 0.128 e. The van der Waals surface area contributed by atoms with Gasteiger partial charge in [0.25, 0.3) is 0 Å². The lowest BCUT2D eigenvalue weighted by molar-refractivity contribution is 0.263. The highest BCUT2D eigenvalue weighted by Crippen LogP contribution is 2.26. The zero-order chi connectivity index (χ0) is 14.0. The van der Waals surface area contributed by atoms with Crippen LogP contribution in [0.3, 0.4) is 0 Å². The van der Waals surface area contributed by atoms with Gasteiger partial charge in [-0.3, -0.25) is 0 Å². The molecule has 1 saturated heterocycles. The van der Waals surface area contributed by atoms with E-state index in [0.717, 1.165) is 18.8 Å². The highest BCUT2D eigenvalue weighted by molar-refractivity contribution is 5.40. The SMILES string of the molecule is CC.CC.CC1CC(CO)N(c2ccccn2)C1. The third-order valence-electron chi connectivity index (χ3n) is 2.78. The Morgan fingerprint density at radius 2 is 1.94 bits per heavy atom. The maximum absolute atomic E-state index is 9.25. The Hall–Kier alpha value is -1.09. The number of anilines is 1. The number of pyridine rings is 1. The van der Waals surface area contributed by atoms with Crippen molar-refractivity contribution in [1.29, 1.82) is 0 Å². The predicted molar refractivity (Wildman–Crippen MR) is 78.9 cm³/mol. The van der Waals surface area contributed by atoms with Gasteiger partial charge in [-0.05, 0) is 24.5 Å². The molecule has 1 fully saturated rings. The molecule has 0 amide bonds. The molecule has 1 aromatic heterocycles. The van der Waals surface area contributed by atoms with Crippen LogP contribution in [0.15, 0.2) is 24.4 Å². The minimum Gasteiger partial charge on any atom is -0.394 e.